The number of likely N-dealkylation sites (tertiary alicyclic amines) is 1. The van der Waals surface area contributed by atoms with Crippen molar-refractivity contribution in [1.29, 1.82) is 0 Å². The van der Waals surface area contributed by atoms with E-state index in [1.807, 2.05) is 0 Å². The second kappa shape index (κ2) is 4.40. The van der Waals surface area contributed by atoms with Gasteiger partial charge in [-0.3, -0.25) is 4.90 Å². The van der Waals surface area contributed by atoms with Crippen LogP contribution in [-0.4, -0.2) is 35.0 Å². The minimum Gasteiger partial charge on any atom is -0.327 e. The summed E-state index contributed by atoms with van der Waals surface area (Å²) in [5, 5.41) is 0.790. The van der Waals surface area contributed by atoms with Crippen LogP contribution in [0.1, 0.15) is 5.56 Å². The van der Waals surface area contributed by atoms with E-state index < -0.39 is 0 Å². The molecule has 3 rings (SSSR count). The highest BCUT2D eigenvalue weighted by Crippen LogP contribution is 2.37. The van der Waals surface area contributed by atoms with Crippen molar-refractivity contribution in [3.63, 3.8) is 0 Å². The Bertz CT molecular complexity index is 354. The van der Waals surface area contributed by atoms with Gasteiger partial charge in [-0.25, -0.2) is 0 Å². The van der Waals surface area contributed by atoms with Crippen LogP contribution in [0.4, 0.5) is 0 Å². The molecule has 0 bridgehead atoms. The topological polar surface area (TPSA) is 29.3 Å². The van der Waals surface area contributed by atoms with Crippen LogP contribution >= 0.6 is 11.8 Å². The third-order valence-corrected chi connectivity index (χ3v) is 5.19. The Hall–Kier alpha value is -0.510. The standard InChI is InChI=1S/C13H18N2S/c14-12-9-16-13-8-15(7-11(12)13)6-10-4-2-1-3-5-10/h1-5,11-13H,6-9,14H2. The largest absolute Gasteiger partial charge is 0.327 e. The quantitative estimate of drug-likeness (QED) is 0.842. The van der Waals surface area contributed by atoms with Crippen LogP contribution in [0.15, 0.2) is 30.3 Å². The predicted octanol–water partition coefficient (Wildman–Crippen LogP) is 1.56. The van der Waals surface area contributed by atoms with E-state index in [2.05, 4.69) is 47.0 Å². The van der Waals surface area contributed by atoms with Crippen LogP contribution in [0.25, 0.3) is 0 Å². The molecule has 2 aliphatic rings. The van der Waals surface area contributed by atoms with Crippen molar-refractivity contribution in [3.8, 4) is 0 Å². The minimum atomic E-state index is 0.427. The Morgan fingerprint density at radius 1 is 1.25 bits per heavy atom. The maximum absolute atomic E-state index is 6.13. The summed E-state index contributed by atoms with van der Waals surface area (Å²) >= 11 is 2.07. The van der Waals surface area contributed by atoms with Gasteiger partial charge in [-0.1, -0.05) is 30.3 Å². The van der Waals surface area contributed by atoms with Gasteiger partial charge in [0.05, 0.1) is 0 Å². The molecule has 2 nitrogen and oxygen atoms in total. The van der Waals surface area contributed by atoms with Gasteiger partial charge in [0.25, 0.3) is 0 Å². The molecule has 3 heteroatoms. The zero-order valence-corrected chi connectivity index (χ0v) is 10.2. The third kappa shape index (κ3) is 1.99. The third-order valence-electron chi connectivity index (χ3n) is 3.69. The van der Waals surface area contributed by atoms with Gasteiger partial charge in [-0.15, -0.1) is 0 Å². The molecule has 2 heterocycles. The summed E-state index contributed by atoms with van der Waals surface area (Å²) in [5.74, 6) is 1.89. The molecule has 86 valence electrons. The molecule has 0 spiro atoms. The first-order valence-electron chi connectivity index (χ1n) is 5.96. The van der Waals surface area contributed by atoms with Gasteiger partial charge in [0.2, 0.25) is 0 Å². The molecule has 0 radical (unpaired) electrons. The van der Waals surface area contributed by atoms with E-state index in [-0.39, 0.29) is 0 Å². The highest BCUT2D eigenvalue weighted by Gasteiger charge is 2.41. The smallest absolute Gasteiger partial charge is 0.0234 e. The summed E-state index contributed by atoms with van der Waals surface area (Å²) in [7, 11) is 0. The van der Waals surface area contributed by atoms with Crippen molar-refractivity contribution in [1.82, 2.24) is 4.90 Å². The Labute approximate surface area is 101 Å². The normalized spacial score (nSPS) is 34.2. The molecule has 2 aliphatic heterocycles. The molecule has 0 saturated carbocycles. The highest BCUT2D eigenvalue weighted by atomic mass is 32.2. The fraction of sp³-hybridized carbons (Fsp3) is 0.538. The number of rotatable bonds is 2. The summed E-state index contributed by atoms with van der Waals surface area (Å²) in [4.78, 5) is 2.55. The highest BCUT2D eigenvalue weighted by molar-refractivity contribution is 8.00. The fourth-order valence-corrected chi connectivity index (χ4v) is 4.36. The number of hydrogen-bond donors (Lipinski definition) is 1. The summed E-state index contributed by atoms with van der Waals surface area (Å²) in [6.45, 7) is 3.49. The minimum absolute atomic E-state index is 0.427. The summed E-state index contributed by atoms with van der Waals surface area (Å²) < 4.78 is 0. The van der Waals surface area contributed by atoms with E-state index in [0.717, 1.165) is 23.5 Å². The number of benzene rings is 1. The number of nitrogens with two attached hydrogens (primary N) is 1. The Kier molecular flexibility index (Phi) is 2.92. The summed E-state index contributed by atoms with van der Waals surface area (Å²) in [5.41, 5.74) is 7.55. The molecule has 0 amide bonds. The lowest BCUT2D eigenvalue weighted by atomic mass is 10.0. The molecule has 16 heavy (non-hydrogen) atoms. The fourth-order valence-electron chi connectivity index (χ4n) is 2.80. The van der Waals surface area contributed by atoms with Crippen molar-refractivity contribution < 1.29 is 0 Å². The van der Waals surface area contributed by atoms with Gasteiger partial charge in [0.1, 0.15) is 0 Å². The number of fused-ring (bicyclic) bond motifs is 1. The average molecular weight is 234 g/mol. The first-order valence-corrected chi connectivity index (χ1v) is 7.01. The lowest BCUT2D eigenvalue weighted by molar-refractivity contribution is 0.309. The van der Waals surface area contributed by atoms with E-state index in [9.17, 15) is 0 Å². The first kappa shape index (κ1) is 10.6. The molecular formula is C13H18N2S. The van der Waals surface area contributed by atoms with Gasteiger partial charge in [-0.05, 0) is 5.56 Å². The molecule has 2 fully saturated rings. The maximum Gasteiger partial charge on any atom is 0.0234 e. The Morgan fingerprint density at radius 2 is 2.06 bits per heavy atom. The van der Waals surface area contributed by atoms with Crippen molar-refractivity contribution in [2.45, 2.75) is 17.8 Å². The second-order valence-electron chi connectivity index (χ2n) is 4.88. The first-order chi connectivity index (χ1) is 7.83. The van der Waals surface area contributed by atoms with Crippen molar-refractivity contribution in [3.05, 3.63) is 35.9 Å². The van der Waals surface area contributed by atoms with Gasteiger partial charge in [0.15, 0.2) is 0 Å². The Balaban J connectivity index is 1.63. The van der Waals surface area contributed by atoms with Crippen molar-refractivity contribution >= 4 is 11.8 Å². The molecular weight excluding hydrogens is 216 g/mol. The molecule has 1 aromatic carbocycles. The lowest BCUT2D eigenvalue weighted by Crippen LogP contribution is -2.32. The second-order valence-corrected chi connectivity index (χ2v) is 6.15. The van der Waals surface area contributed by atoms with E-state index >= 15 is 0 Å². The van der Waals surface area contributed by atoms with Crippen molar-refractivity contribution in [2.24, 2.45) is 11.7 Å². The van der Waals surface area contributed by atoms with E-state index in [1.165, 1.54) is 18.7 Å². The number of thioether (sulfide) groups is 1. The van der Waals surface area contributed by atoms with Crippen LogP contribution in [0.5, 0.6) is 0 Å². The SMILES string of the molecule is NC1CSC2CN(Cc3ccccc3)CC12. The molecule has 3 atom stereocenters. The van der Waals surface area contributed by atoms with Crippen LogP contribution in [-0.2, 0) is 6.54 Å². The van der Waals surface area contributed by atoms with Gasteiger partial charge in [-0.2, -0.15) is 11.8 Å². The zero-order chi connectivity index (χ0) is 11.0. The molecule has 0 aromatic heterocycles. The Morgan fingerprint density at radius 3 is 2.81 bits per heavy atom. The molecule has 3 unspecified atom stereocenters. The monoisotopic (exact) mass is 234 g/mol. The van der Waals surface area contributed by atoms with E-state index in [4.69, 9.17) is 5.73 Å². The van der Waals surface area contributed by atoms with Gasteiger partial charge < -0.3 is 5.73 Å². The molecule has 0 aliphatic carbocycles. The van der Waals surface area contributed by atoms with Crippen LogP contribution in [0, 0.1) is 5.92 Å². The zero-order valence-electron chi connectivity index (χ0n) is 9.38. The molecule has 2 saturated heterocycles. The lowest BCUT2D eigenvalue weighted by Gasteiger charge is -2.17. The number of hydrogen-bond acceptors (Lipinski definition) is 3. The van der Waals surface area contributed by atoms with Crippen LogP contribution < -0.4 is 5.73 Å². The van der Waals surface area contributed by atoms with E-state index in [1.54, 1.807) is 0 Å². The molecule has 1 aromatic rings. The number of nitrogens with zero attached hydrogens (tertiary/aromatic N) is 1. The predicted molar refractivity (Wildman–Crippen MR) is 69.4 cm³/mol. The van der Waals surface area contributed by atoms with Crippen LogP contribution in [0.3, 0.4) is 0 Å². The average Bonchev–Trinajstić information content (AvgIpc) is 2.83. The van der Waals surface area contributed by atoms with E-state index in [0.29, 0.717) is 6.04 Å². The van der Waals surface area contributed by atoms with Gasteiger partial charge in [0, 0.05) is 42.6 Å². The van der Waals surface area contributed by atoms with Crippen molar-refractivity contribution in [2.75, 3.05) is 18.8 Å². The summed E-state index contributed by atoms with van der Waals surface area (Å²) in [6.07, 6.45) is 0. The van der Waals surface area contributed by atoms with Crippen LogP contribution in [0.2, 0.25) is 0 Å². The maximum atomic E-state index is 6.13. The van der Waals surface area contributed by atoms with Gasteiger partial charge >= 0.3 is 0 Å². The molecule has 2 N–H and O–H groups in total. The summed E-state index contributed by atoms with van der Waals surface area (Å²) in [6, 6.07) is 11.2.